The fraction of sp³-hybridized carbons (Fsp3) is 0.480. The van der Waals surface area contributed by atoms with Crippen LogP contribution in [0.25, 0.3) is 11.0 Å². The molecule has 2 amide bonds. The number of rotatable bonds is 1. The van der Waals surface area contributed by atoms with Crippen LogP contribution in [0.15, 0.2) is 36.4 Å². The van der Waals surface area contributed by atoms with Crippen molar-refractivity contribution in [2.24, 2.45) is 0 Å². The van der Waals surface area contributed by atoms with Crippen molar-refractivity contribution in [2.75, 3.05) is 19.7 Å². The van der Waals surface area contributed by atoms with Crippen molar-refractivity contribution in [1.82, 2.24) is 20.2 Å². The number of amides is 2. The third kappa shape index (κ3) is 5.37. The molecule has 4 atom stereocenters. The topological polar surface area (TPSA) is 140 Å². The molecular weight excluding hydrogens is 506 g/mol. The first-order valence-electron chi connectivity index (χ1n) is 12.3. The van der Waals surface area contributed by atoms with Gasteiger partial charge in [0.05, 0.1) is 30.3 Å². The molecule has 2 bridgehead atoms. The second kappa shape index (κ2) is 10.5. The van der Waals surface area contributed by atoms with Crippen LogP contribution in [0, 0.1) is 0 Å². The van der Waals surface area contributed by atoms with Crippen molar-refractivity contribution in [2.45, 2.75) is 56.0 Å². The number of carboxylic acids is 1. The molecule has 13 heteroatoms. The first kappa shape index (κ1) is 25.8. The van der Waals surface area contributed by atoms with E-state index in [-0.39, 0.29) is 25.1 Å². The smallest absolute Gasteiger partial charge is 0.407 e. The number of alkyl halides is 2. The number of para-hydroxylation sites is 2. The number of alkyl carbamates (subject to hydrolysis) is 1. The first-order valence-corrected chi connectivity index (χ1v) is 12.3. The van der Waals surface area contributed by atoms with Gasteiger partial charge < -0.3 is 29.5 Å². The lowest BCUT2D eigenvalue weighted by atomic mass is 10.2. The van der Waals surface area contributed by atoms with Gasteiger partial charge in [0.15, 0.2) is 5.69 Å². The molecule has 2 aromatic rings. The zero-order valence-electron chi connectivity index (χ0n) is 20.2. The molecule has 2 fully saturated rings. The van der Waals surface area contributed by atoms with E-state index in [4.69, 9.17) is 14.2 Å². The molecule has 2 N–H and O–H groups in total. The summed E-state index contributed by atoms with van der Waals surface area (Å²) in [6, 6.07) is 5.17. The van der Waals surface area contributed by atoms with Crippen LogP contribution in [0.4, 0.5) is 13.6 Å². The highest BCUT2D eigenvalue weighted by molar-refractivity contribution is 5.87. The van der Waals surface area contributed by atoms with Crippen molar-refractivity contribution in [3.63, 3.8) is 0 Å². The van der Waals surface area contributed by atoms with E-state index in [1.165, 1.54) is 0 Å². The maximum atomic E-state index is 15.4. The van der Waals surface area contributed by atoms with Crippen molar-refractivity contribution in [1.29, 1.82) is 0 Å². The van der Waals surface area contributed by atoms with E-state index >= 15 is 8.78 Å². The lowest BCUT2D eigenvalue weighted by Gasteiger charge is -2.23. The van der Waals surface area contributed by atoms with Crippen LogP contribution >= 0.6 is 0 Å². The highest BCUT2D eigenvalue weighted by Crippen LogP contribution is 2.36. The van der Waals surface area contributed by atoms with Crippen LogP contribution in [0.1, 0.15) is 31.4 Å². The lowest BCUT2D eigenvalue weighted by Crippen LogP contribution is -2.46. The van der Waals surface area contributed by atoms with Crippen LogP contribution in [0.5, 0.6) is 5.88 Å². The maximum Gasteiger partial charge on any atom is 0.407 e. The van der Waals surface area contributed by atoms with Crippen molar-refractivity contribution in [3.05, 3.63) is 42.1 Å². The molecule has 0 radical (unpaired) electrons. The van der Waals surface area contributed by atoms with Crippen molar-refractivity contribution < 1.29 is 42.5 Å². The standard InChI is InChI=1S/C25H26F2N4O7/c26-25(27)9-4-10-36-18-7-3-8-19(18)38-24(35)28-12-20(32)31-13-14(11-17(31)23(33)34)37-22-21(25)29-15-5-1-2-6-16(15)30-22/h1-2,4-6,9,14,17-19H,3,7-8,10-13H2,(H,28,35)(H,33,34)/b9-4+/t14-,17+,18-,19-/m1/s1. The summed E-state index contributed by atoms with van der Waals surface area (Å²) >= 11 is 0. The number of aliphatic carboxylic acids is 1. The van der Waals surface area contributed by atoms with Gasteiger partial charge in [-0.15, -0.1) is 0 Å². The summed E-state index contributed by atoms with van der Waals surface area (Å²) in [4.78, 5) is 46.4. The van der Waals surface area contributed by atoms with E-state index in [0.29, 0.717) is 30.9 Å². The largest absolute Gasteiger partial charge is 0.480 e. The number of aromatic nitrogens is 2. The molecule has 2 aliphatic heterocycles. The second-order valence-electron chi connectivity index (χ2n) is 9.37. The number of hydrogen-bond donors (Lipinski definition) is 2. The molecule has 202 valence electrons. The molecule has 0 spiro atoms. The van der Waals surface area contributed by atoms with Gasteiger partial charge in [0.2, 0.25) is 11.8 Å². The van der Waals surface area contributed by atoms with Gasteiger partial charge in [0, 0.05) is 6.42 Å². The number of nitrogens with one attached hydrogen (secondary N) is 1. The molecular formula is C25H26F2N4O7. The minimum Gasteiger partial charge on any atom is -0.480 e. The highest BCUT2D eigenvalue weighted by atomic mass is 19.3. The predicted molar refractivity (Wildman–Crippen MR) is 127 cm³/mol. The van der Waals surface area contributed by atoms with Gasteiger partial charge >= 0.3 is 18.0 Å². The number of carbonyl (C=O) groups excluding carboxylic acids is 2. The SMILES string of the molecule is O=C1NCC(=O)N2C[C@@H](C[C@H]2C(=O)O)Oc2nc3ccccc3nc2C(F)(F)/C=C/CO[C@@H]2CCC[C@H]2O1. The van der Waals surface area contributed by atoms with Crippen LogP contribution in [-0.2, 0) is 25.0 Å². The number of ether oxygens (including phenoxy) is 3. The summed E-state index contributed by atoms with van der Waals surface area (Å²) in [5.41, 5.74) is -0.193. The minimum absolute atomic E-state index is 0.157. The first-order chi connectivity index (χ1) is 18.2. The Balaban J connectivity index is 1.50. The number of allylic oxidation sites excluding steroid dienone is 1. The van der Waals surface area contributed by atoms with E-state index in [1.807, 2.05) is 0 Å². The lowest BCUT2D eigenvalue weighted by molar-refractivity contribution is -0.147. The summed E-state index contributed by atoms with van der Waals surface area (Å²) in [5.74, 6) is -6.03. The number of carbonyl (C=O) groups is 3. The zero-order chi connectivity index (χ0) is 26.9. The maximum absolute atomic E-state index is 15.4. The minimum atomic E-state index is -3.60. The Bertz CT molecular complexity index is 1270. The summed E-state index contributed by atoms with van der Waals surface area (Å²) in [6.45, 7) is -0.870. The summed E-state index contributed by atoms with van der Waals surface area (Å²) in [5, 5.41) is 12.0. The third-order valence-electron chi connectivity index (χ3n) is 6.77. The van der Waals surface area contributed by atoms with E-state index in [1.54, 1.807) is 24.3 Å². The van der Waals surface area contributed by atoms with Crippen molar-refractivity contribution in [3.8, 4) is 5.88 Å². The fourth-order valence-corrected chi connectivity index (χ4v) is 4.93. The van der Waals surface area contributed by atoms with Gasteiger partial charge in [-0.1, -0.05) is 18.2 Å². The predicted octanol–water partition coefficient (Wildman–Crippen LogP) is 2.39. The molecule has 1 aromatic heterocycles. The number of nitrogens with zero attached hydrogens (tertiary/aromatic N) is 3. The van der Waals surface area contributed by atoms with E-state index in [0.717, 1.165) is 11.0 Å². The molecule has 5 rings (SSSR count). The summed E-state index contributed by atoms with van der Waals surface area (Å²) < 4.78 is 47.7. The summed E-state index contributed by atoms with van der Waals surface area (Å²) in [6.07, 6.45) is 0.538. The molecule has 3 aliphatic rings. The van der Waals surface area contributed by atoms with Gasteiger partial charge in [-0.25, -0.2) is 19.6 Å². The molecule has 1 aromatic carbocycles. The Hall–Kier alpha value is -3.87. The normalized spacial score (nSPS) is 28.7. The van der Waals surface area contributed by atoms with Gasteiger partial charge in [-0.05, 0) is 37.5 Å². The molecule has 1 saturated heterocycles. The number of benzene rings is 1. The molecule has 3 heterocycles. The van der Waals surface area contributed by atoms with Crippen LogP contribution in [0.2, 0.25) is 0 Å². The number of carboxylic acid groups (broad SMARTS) is 1. The number of hydrogen-bond acceptors (Lipinski definition) is 8. The van der Waals surface area contributed by atoms with Crippen LogP contribution < -0.4 is 10.1 Å². The summed E-state index contributed by atoms with van der Waals surface area (Å²) in [7, 11) is 0. The third-order valence-corrected chi connectivity index (χ3v) is 6.77. The van der Waals surface area contributed by atoms with Crippen LogP contribution in [-0.4, -0.2) is 82.0 Å². The van der Waals surface area contributed by atoms with E-state index in [9.17, 15) is 19.5 Å². The zero-order valence-corrected chi connectivity index (χ0v) is 20.2. The highest BCUT2D eigenvalue weighted by Gasteiger charge is 2.43. The van der Waals surface area contributed by atoms with Gasteiger partial charge in [0.1, 0.15) is 24.8 Å². The van der Waals surface area contributed by atoms with Gasteiger partial charge in [0.25, 0.3) is 0 Å². The average Bonchev–Trinajstić information content (AvgIpc) is 3.51. The van der Waals surface area contributed by atoms with Gasteiger partial charge in [-0.2, -0.15) is 8.78 Å². The monoisotopic (exact) mass is 532 g/mol. The quantitative estimate of drug-likeness (QED) is 0.530. The number of fused-ring (bicyclic) bond motifs is 5. The molecule has 38 heavy (non-hydrogen) atoms. The Kier molecular flexibility index (Phi) is 7.11. The van der Waals surface area contributed by atoms with Gasteiger partial charge in [-0.3, -0.25) is 4.79 Å². The number of halogens is 2. The molecule has 0 unspecified atom stereocenters. The molecule has 1 aliphatic carbocycles. The Morgan fingerprint density at radius 1 is 1.11 bits per heavy atom. The van der Waals surface area contributed by atoms with E-state index in [2.05, 4.69) is 15.3 Å². The average molecular weight is 533 g/mol. The Labute approximate surface area is 215 Å². The van der Waals surface area contributed by atoms with Crippen LogP contribution in [0.3, 0.4) is 0 Å². The Morgan fingerprint density at radius 3 is 2.61 bits per heavy atom. The van der Waals surface area contributed by atoms with Crippen molar-refractivity contribution >= 4 is 29.0 Å². The molecule has 11 nitrogen and oxygen atoms in total. The van der Waals surface area contributed by atoms with E-state index < -0.39 is 66.4 Å². The second-order valence-corrected chi connectivity index (χ2v) is 9.37. The fourth-order valence-electron chi connectivity index (χ4n) is 4.93. The molecule has 1 saturated carbocycles. The Morgan fingerprint density at radius 2 is 1.84 bits per heavy atom.